The van der Waals surface area contributed by atoms with Gasteiger partial charge in [-0.2, -0.15) is 13.2 Å². The number of benzene rings is 4. The molecule has 0 fully saturated rings. The summed E-state index contributed by atoms with van der Waals surface area (Å²) in [5.41, 5.74) is -0.293. The van der Waals surface area contributed by atoms with Crippen LogP contribution < -0.4 is 19.6 Å². The van der Waals surface area contributed by atoms with Gasteiger partial charge >= 0.3 is 6.18 Å². The molecule has 5 rings (SSSR count). The van der Waals surface area contributed by atoms with Crippen molar-refractivity contribution in [3.8, 4) is 23.0 Å². The summed E-state index contributed by atoms with van der Waals surface area (Å²) >= 11 is 0. The van der Waals surface area contributed by atoms with Gasteiger partial charge in [0, 0.05) is 6.07 Å². The summed E-state index contributed by atoms with van der Waals surface area (Å²) in [5, 5.41) is 1.98. The van der Waals surface area contributed by atoms with Crippen LogP contribution in [0.25, 0.3) is 21.7 Å². The summed E-state index contributed by atoms with van der Waals surface area (Å²) in [4.78, 5) is 13.0. The van der Waals surface area contributed by atoms with E-state index in [-0.39, 0.29) is 29.1 Å². The predicted molar refractivity (Wildman–Crippen MR) is 129 cm³/mol. The van der Waals surface area contributed by atoms with Crippen LogP contribution in [0.2, 0.25) is 0 Å². The lowest BCUT2D eigenvalue weighted by Gasteiger charge is -2.14. The topological polar surface area (TPSA) is 57.9 Å². The third-order valence-electron chi connectivity index (χ3n) is 5.63. The Kier molecular flexibility index (Phi) is 6.01. The highest BCUT2D eigenvalue weighted by molar-refractivity contribution is 5.85. The van der Waals surface area contributed by atoms with Crippen molar-refractivity contribution >= 4 is 21.7 Å². The largest absolute Gasteiger partial charge is 0.497 e. The molecule has 0 saturated heterocycles. The Morgan fingerprint density at radius 2 is 1.50 bits per heavy atom. The number of methoxy groups -OCH3 is 1. The average Bonchev–Trinajstić information content (AvgIpc) is 2.88. The van der Waals surface area contributed by atoms with Crippen LogP contribution in [0.5, 0.6) is 23.0 Å². The number of ether oxygens (including phenoxy) is 3. The minimum atomic E-state index is -4.96. The number of hydrogen-bond acceptors (Lipinski definition) is 5. The summed E-state index contributed by atoms with van der Waals surface area (Å²) in [6.45, 7) is 0.182. The van der Waals surface area contributed by atoms with E-state index in [4.69, 9.17) is 18.6 Å². The predicted octanol–water partition coefficient (Wildman–Crippen LogP) is 7.34. The Hall–Kier alpha value is -4.46. The summed E-state index contributed by atoms with van der Waals surface area (Å²) in [6.07, 6.45) is -4.96. The molecule has 0 N–H and O–H groups in total. The molecular formula is C28H19F3O5. The first-order chi connectivity index (χ1) is 17.3. The molecule has 0 bridgehead atoms. The van der Waals surface area contributed by atoms with Gasteiger partial charge in [0.05, 0.1) is 12.5 Å². The van der Waals surface area contributed by atoms with E-state index in [0.717, 1.165) is 16.3 Å². The van der Waals surface area contributed by atoms with Gasteiger partial charge in [0.2, 0.25) is 11.2 Å². The Bertz CT molecular complexity index is 1600. The Balaban J connectivity index is 1.49. The zero-order valence-corrected chi connectivity index (χ0v) is 19.0. The molecule has 0 amide bonds. The molecule has 0 aliphatic heterocycles. The van der Waals surface area contributed by atoms with Gasteiger partial charge in [0.25, 0.3) is 5.76 Å². The van der Waals surface area contributed by atoms with Crippen LogP contribution in [0.15, 0.2) is 94.1 Å². The summed E-state index contributed by atoms with van der Waals surface area (Å²) in [6, 6.07) is 23.5. The van der Waals surface area contributed by atoms with Crippen molar-refractivity contribution in [2.24, 2.45) is 0 Å². The fourth-order valence-electron chi connectivity index (χ4n) is 3.87. The number of rotatable bonds is 6. The van der Waals surface area contributed by atoms with Crippen LogP contribution in [0, 0.1) is 0 Å². The van der Waals surface area contributed by atoms with E-state index in [1.165, 1.54) is 49.6 Å². The van der Waals surface area contributed by atoms with Crippen LogP contribution in [0.3, 0.4) is 0 Å². The Morgan fingerprint density at radius 1 is 0.806 bits per heavy atom. The van der Waals surface area contributed by atoms with E-state index >= 15 is 0 Å². The number of fused-ring (bicyclic) bond motifs is 2. The fraction of sp³-hybridized carbons (Fsp3) is 0.107. The molecule has 36 heavy (non-hydrogen) atoms. The molecule has 182 valence electrons. The van der Waals surface area contributed by atoms with Crippen molar-refractivity contribution in [2.75, 3.05) is 7.11 Å². The van der Waals surface area contributed by atoms with E-state index in [1.54, 1.807) is 0 Å². The quantitative estimate of drug-likeness (QED) is 0.248. The Labute approximate surface area is 203 Å². The highest BCUT2D eigenvalue weighted by atomic mass is 19.4. The molecular weight excluding hydrogens is 473 g/mol. The molecule has 0 aliphatic carbocycles. The average molecular weight is 492 g/mol. The van der Waals surface area contributed by atoms with E-state index in [2.05, 4.69) is 0 Å². The van der Waals surface area contributed by atoms with Crippen molar-refractivity contribution in [3.63, 3.8) is 0 Å². The van der Waals surface area contributed by atoms with Crippen LogP contribution in [-0.2, 0) is 12.8 Å². The van der Waals surface area contributed by atoms with Crippen LogP contribution >= 0.6 is 0 Å². The first kappa shape index (κ1) is 23.3. The first-order valence-electron chi connectivity index (χ1n) is 10.9. The van der Waals surface area contributed by atoms with E-state index < -0.39 is 23.1 Å². The smallest absolute Gasteiger partial charge is 0.453 e. The van der Waals surface area contributed by atoms with E-state index in [1.807, 2.05) is 42.5 Å². The molecule has 0 spiro atoms. The zero-order valence-electron chi connectivity index (χ0n) is 19.0. The standard InChI is InChI=1S/C28H19F3O5/c1-33-19-9-11-20(12-10-19)35-26-25(32)23-14-13-21(15-24(23)36-27(26)28(29,30)31)34-16-18-7-4-6-17-5-2-3-8-22(17)18/h2-15H,16H2,1H3. The molecule has 0 radical (unpaired) electrons. The third-order valence-corrected chi connectivity index (χ3v) is 5.63. The molecule has 5 aromatic rings. The van der Waals surface area contributed by atoms with Gasteiger partial charge < -0.3 is 18.6 Å². The van der Waals surface area contributed by atoms with Gasteiger partial charge in [-0.05, 0) is 52.7 Å². The number of alkyl halides is 3. The second-order valence-corrected chi connectivity index (χ2v) is 7.95. The maximum absolute atomic E-state index is 13.8. The van der Waals surface area contributed by atoms with Crippen molar-refractivity contribution in [2.45, 2.75) is 12.8 Å². The highest BCUT2D eigenvalue weighted by Crippen LogP contribution is 2.39. The Morgan fingerprint density at radius 3 is 2.25 bits per heavy atom. The maximum Gasteiger partial charge on any atom is 0.453 e. The fourth-order valence-corrected chi connectivity index (χ4v) is 3.87. The van der Waals surface area contributed by atoms with Gasteiger partial charge in [-0.3, -0.25) is 4.79 Å². The van der Waals surface area contributed by atoms with Gasteiger partial charge in [0.15, 0.2) is 0 Å². The minimum Gasteiger partial charge on any atom is -0.497 e. The molecule has 8 heteroatoms. The van der Waals surface area contributed by atoms with Crippen molar-refractivity contribution < 1.29 is 31.8 Å². The van der Waals surface area contributed by atoms with Crippen molar-refractivity contribution in [3.05, 3.63) is 106 Å². The van der Waals surface area contributed by atoms with Crippen LogP contribution in [-0.4, -0.2) is 7.11 Å². The van der Waals surface area contributed by atoms with Crippen LogP contribution in [0.4, 0.5) is 13.2 Å². The van der Waals surface area contributed by atoms with Gasteiger partial charge in [0.1, 0.15) is 29.4 Å². The highest BCUT2D eigenvalue weighted by Gasteiger charge is 2.40. The van der Waals surface area contributed by atoms with E-state index in [0.29, 0.717) is 5.75 Å². The molecule has 0 saturated carbocycles. The second kappa shape index (κ2) is 9.30. The van der Waals surface area contributed by atoms with Gasteiger partial charge in [-0.25, -0.2) is 0 Å². The van der Waals surface area contributed by atoms with Gasteiger partial charge in [-0.1, -0.05) is 42.5 Å². The van der Waals surface area contributed by atoms with Gasteiger partial charge in [-0.15, -0.1) is 0 Å². The molecule has 0 unspecified atom stereocenters. The monoisotopic (exact) mass is 492 g/mol. The normalized spacial score (nSPS) is 11.6. The molecule has 4 aromatic carbocycles. The first-order valence-corrected chi connectivity index (χ1v) is 10.9. The van der Waals surface area contributed by atoms with Crippen molar-refractivity contribution in [1.29, 1.82) is 0 Å². The third kappa shape index (κ3) is 4.57. The molecule has 1 heterocycles. The number of hydrogen-bond donors (Lipinski definition) is 0. The molecule has 1 aromatic heterocycles. The minimum absolute atomic E-state index is 0.0305. The van der Waals surface area contributed by atoms with E-state index in [9.17, 15) is 18.0 Å². The molecule has 5 nitrogen and oxygen atoms in total. The van der Waals surface area contributed by atoms with Crippen LogP contribution in [0.1, 0.15) is 11.3 Å². The SMILES string of the molecule is COc1ccc(Oc2c(C(F)(F)F)oc3cc(OCc4cccc5ccccc45)ccc3c2=O)cc1. The maximum atomic E-state index is 13.8. The number of halogens is 3. The van der Waals surface area contributed by atoms with Crippen molar-refractivity contribution in [1.82, 2.24) is 0 Å². The lowest BCUT2D eigenvalue weighted by molar-refractivity contribution is -0.154. The lowest BCUT2D eigenvalue weighted by atomic mass is 10.1. The second-order valence-electron chi connectivity index (χ2n) is 7.95. The summed E-state index contributed by atoms with van der Waals surface area (Å²) < 4.78 is 62.9. The molecule has 0 aliphatic rings. The zero-order chi connectivity index (χ0) is 25.3. The summed E-state index contributed by atoms with van der Waals surface area (Å²) in [5.74, 6) is -1.69. The lowest BCUT2D eigenvalue weighted by Crippen LogP contribution is -2.15. The molecule has 0 atom stereocenters. The summed E-state index contributed by atoms with van der Waals surface area (Å²) in [7, 11) is 1.45.